The molecule has 0 radical (unpaired) electrons. The lowest BCUT2D eigenvalue weighted by molar-refractivity contribution is 0.0860. The maximum Gasteiger partial charge on any atom is 0.236 e. The van der Waals surface area contributed by atoms with Crippen molar-refractivity contribution in [1.82, 2.24) is 19.9 Å². The van der Waals surface area contributed by atoms with Crippen LogP contribution in [0.3, 0.4) is 0 Å². The molecule has 0 bridgehead atoms. The first-order valence-corrected chi connectivity index (χ1v) is 9.63. The molecule has 0 aliphatic carbocycles. The van der Waals surface area contributed by atoms with Crippen molar-refractivity contribution in [1.29, 1.82) is 5.26 Å². The molecule has 1 aromatic carbocycles. The van der Waals surface area contributed by atoms with E-state index in [4.69, 9.17) is 4.42 Å². The zero-order valence-electron chi connectivity index (χ0n) is 17.3. The highest BCUT2D eigenvalue weighted by Crippen LogP contribution is 2.26. The average Bonchev–Trinajstić information content (AvgIpc) is 3.42. The van der Waals surface area contributed by atoms with Gasteiger partial charge in [0, 0.05) is 17.3 Å². The van der Waals surface area contributed by atoms with E-state index in [2.05, 4.69) is 31.3 Å². The van der Waals surface area contributed by atoms with Crippen LogP contribution in [0.15, 0.2) is 53.5 Å². The highest BCUT2D eigenvalue weighted by Gasteiger charge is 2.26. The van der Waals surface area contributed by atoms with Gasteiger partial charge in [-0.1, -0.05) is 32.9 Å². The Morgan fingerprint density at radius 3 is 2.65 bits per heavy atom. The Balaban J connectivity index is 1.57. The van der Waals surface area contributed by atoms with Crippen LogP contribution in [0, 0.1) is 16.7 Å². The number of benzene rings is 1. The van der Waals surface area contributed by atoms with Gasteiger partial charge in [-0.2, -0.15) is 5.26 Å². The number of allylic oxidation sites excluding steroid dienone is 1. The van der Waals surface area contributed by atoms with Crippen molar-refractivity contribution in [3.8, 4) is 6.07 Å². The fraction of sp³-hybridized carbons (Fsp3) is 0.174. The molecule has 0 saturated heterocycles. The summed E-state index contributed by atoms with van der Waals surface area (Å²) < 4.78 is 5.18. The Labute approximate surface area is 178 Å². The number of nitrogens with zero attached hydrogens (tertiary/aromatic N) is 4. The number of H-pyrrole nitrogens is 1. The topological polar surface area (TPSA) is 120 Å². The molecule has 154 valence electrons. The van der Waals surface area contributed by atoms with Crippen LogP contribution in [0.5, 0.6) is 0 Å². The van der Waals surface area contributed by atoms with Gasteiger partial charge in [0.2, 0.25) is 5.89 Å². The van der Waals surface area contributed by atoms with Gasteiger partial charge < -0.3 is 14.7 Å². The lowest BCUT2D eigenvalue weighted by Crippen LogP contribution is -2.20. The molecule has 0 unspecified atom stereocenters. The summed E-state index contributed by atoms with van der Waals surface area (Å²) in [7, 11) is 0. The molecule has 0 aliphatic rings. The summed E-state index contributed by atoms with van der Waals surface area (Å²) in [5.41, 5.74) is 3.06. The summed E-state index contributed by atoms with van der Waals surface area (Å²) in [5, 5.41) is 12.5. The Bertz CT molecular complexity index is 1300. The number of hydrogen-bond donors (Lipinski definition) is 2. The number of carbonyl (C=O) groups is 1. The number of Topliss-reactive ketones (excluding diaryl/α,β-unsaturated/α-hetero) is 1. The molecule has 31 heavy (non-hydrogen) atoms. The number of oxazole rings is 1. The molecule has 0 saturated carbocycles. The average molecular weight is 412 g/mol. The van der Waals surface area contributed by atoms with Crippen LogP contribution in [-0.2, 0) is 0 Å². The Hall–Kier alpha value is -4.25. The molecule has 8 heteroatoms. The fourth-order valence-corrected chi connectivity index (χ4v) is 3.00. The number of carbonyl (C=O) groups excluding carboxylic acids is 1. The van der Waals surface area contributed by atoms with E-state index in [0.717, 1.165) is 11.3 Å². The number of nitriles is 1. The monoisotopic (exact) mass is 412 g/mol. The smallest absolute Gasteiger partial charge is 0.236 e. The highest BCUT2D eigenvalue weighted by molar-refractivity contribution is 6.08. The van der Waals surface area contributed by atoms with Gasteiger partial charge in [-0.3, -0.25) is 4.79 Å². The van der Waals surface area contributed by atoms with Gasteiger partial charge in [0.25, 0.3) is 0 Å². The van der Waals surface area contributed by atoms with Gasteiger partial charge in [-0.05, 0) is 23.8 Å². The van der Waals surface area contributed by atoms with E-state index in [9.17, 15) is 10.1 Å². The number of ketones is 1. The van der Waals surface area contributed by atoms with Crippen LogP contribution in [0.25, 0.3) is 22.8 Å². The van der Waals surface area contributed by atoms with Crippen LogP contribution >= 0.6 is 0 Å². The van der Waals surface area contributed by atoms with Gasteiger partial charge in [0.15, 0.2) is 11.4 Å². The molecule has 0 aliphatic heterocycles. The molecular weight excluding hydrogens is 392 g/mol. The van der Waals surface area contributed by atoms with Crippen LogP contribution in [0.4, 0.5) is 11.5 Å². The first kappa shape index (κ1) is 20.0. The standard InChI is InChI=1S/C23H20N6O2/c1-23(2,3)20(30)17-12-26-21-19(17)29-18(13-27-21)28-16-6-4-14(5-7-16)10-15(11-24)22-25-8-9-31-22/h4-10,12-13H,1-3H3,(H,26,27)(H,28,29)/b15-10+. The largest absolute Gasteiger partial charge is 0.444 e. The van der Waals surface area contributed by atoms with E-state index in [0.29, 0.717) is 28.1 Å². The van der Waals surface area contributed by atoms with Gasteiger partial charge in [-0.15, -0.1) is 0 Å². The number of rotatable bonds is 5. The van der Waals surface area contributed by atoms with Gasteiger partial charge in [-0.25, -0.2) is 15.0 Å². The van der Waals surface area contributed by atoms with Crippen molar-refractivity contribution in [2.75, 3.05) is 5.32 Å². The van der Waals surface area contributed by atoms with E-state index in [-0.39, 0.29) is 11.7 Å². The first-order valence-electron chi connectivity index (χ1n) is 9.63. The van der Waals surface area contributed by atoms with Gasteiger partial charge >= 0.3 is 0 Å². The van der Waals surface area contributed by atoms with E-state index in [1.165, 1.54) is 12.5 Å². The highest BCUT2D eigenvalue weighted by atomic mass is 16.3. The van der Waals surface area contributed by atoms with Crippen molar-refractivity contribution in [3.63, 3.8) is 0 Å². The van der Waals surface area contributed by atoms with Crippen LogP contribution < -0.4 is 5.32 Å². The lowest BCUT2D eigenvalue weighted by atomic mass is 9.87. The number of aromatic amines is 1. The number of aromatic nitrogens is 4. The lowest BCUT2D eigenvalue weighted by Gasteiger charge is -2.15. The molecular formula is C23H20N6O2. The number of anilines is 2. The second-order valence-electron chi connectivity index (χ2n) is 7.99. The molecule has 4 aromatic rings. The molecule has 0 spiro atoms. The minimum absolute atomic E-state index is 0.000633. The minimum Gasteiger partial charge on any atom is -0.444 e. The summed E-state index contributed by atoms with van der Waals surface area (Å²) in [5.74, 6) is 0.803. The molecule has 0 fully saturated rings. The summed E-state index contributed by atoms with van der Waals surface area (Å²) in [4.78, 5) is 28.7. The molecule has 4 rings (SSSR count). The third-order valence-corrected chi connectivity index (χ3v) is 4.58. The van der Waals surface area contributed by atoms with Crippen LogP contribution in [0.2, 0.25) is 0 Å². The van der Waals surface area contributed by atoms with Crippen molar-refractivity contribution in [2.45, 2.75) is 20.8 Å². The number of fused-ring (bicyclic) bond motifs is 1. The predicted molar refractivity (Wildman–Crippen MR) is 117 cm³/mol. The summed E-state index contributed by atoms with van der Waals surface area (Å²) in [6.45, 7) is 5.62. The quantitative estimate of drug-likeness (QED) is 0.350. The second-order valence-corrected chi connectivity index (χ2v) is 7.99. The van der Waals surface area contributed by atoms with E-state index < -0.39 is 5.41 Å². The minimum atomic E-state index is -0.517. The maximum atomic E-state index is 12.7. The maximum absolute atomic E-state index is 12.7. The Morgan fingerprint density at radius 2 is 2.00 bits per heavy atom. The van der Waals surface area contributed by atoms with Crippen molar-refractivity contribution in [3.05, 3.63) is 66.1 Å². The molecule has 3 aromatic heterocycles. The zero-order chi connectivity index (χ0) is 22.0. The third kappa shape index (κ3) is 4.21. The van der Waals surface area contributed by atoms with Crippen LogP contribution in [-0.4, -0.2) is 25.7 Å². The van der Waals surface area contributed by atoms with E-state index in [1.807, 2.05) is 45.0 Å². The predicted octanol–water partition coefficient (Wildman–Crippen LogP) is 4.98. The van der Waals surface area contributed by atoms with Gasteiger partial charge in [0.1, 0.15) is 29.2 Å². The molecule has 0 amide bonds. The van der Waals surface area contributed by atoms with Crippen LogP contribution in [0.1, 0.15) is 42.6 Å². The normalized spacial score (nSPS) is 12.0. The SMILES string of the molecule is CC(C)(C)C(=O)c1c[nH]c2ncc(Nc3ccc(/C=C(\C#N)c4ncco4)cc3)nc12. The molecule has 3 heterocycles. The van der Waals surface area contributed by atoms with Gasteiger partial charge in [0.05, 0.1) is 18.0 Å². The molecule has 2 N–H and O–H groups in total. The van der Waals surface area contributed by atoms with E-state index >= 15 is 0 Å². The summed E-state index contributed by atoms with van der Waals surface area (Å²) in [6.07, 6.45) is 7.89. The summed E-state index contributed by atoms with van der Waals surface area (Å²) in [6, 6.07) is 9.53. The van der Waals surface area contributed by atoms with Crippen molar-refractivity contribution >= 4 is 40.1 Å². The number of nitrogens with one attached hydrogen (secondary N) is 2. The van der Waals surface area contributed by atoms with Crippen molar-refractivity contribution < 1.29 is 9.21 Å². The second kappa shape index (κ2) is 7.88. The first-order chi connectivity index (χ1) is 14.8. The van der Waals surface area contributed by atoms with E-state index in [1.54, 1.807) is 18.5 Å². The van der Waals surface area contributed by atoms with Crippen molar-refractivity contribution in [2.24, 2.45) is 5.41 Å². The third-order valence-electron chi connectivity index (χ3n) is 4.58. The Kier molecular flexibility index (Phi) is 5.09. The zero-order valence-corrected chi connectivity index (χ0v) is 17.3. The summed E-state index contributed by atoms with van der Waals surface area (Å²) >= 11 is 0. The molecule has 8 nitrogen and oxygen atoms in total. The molecule has 0 atom stereocenters. The fourth-order valence-electron chi connectivity index (χ4n) is 3.00. The Morgan fingerprint density at radius 1 is 1.23 bits per heavy atom. The number of hydrogen-bond acceptors (Lipinski definition) is 7.